The number of hydrogen-bond acceptors (Lipinski definition) is 13. The molecule has 0 aromatic carbocycles. The molecule has 2 rings (SSSR count). The van der Waals surface area contributed by atoms with Crippen molar-refractivity contribution in [3.8, 4) is 0 Å². The molecule has 0 unspecified atom stereocenters. The molecule has 2 heterocycles. The van der Waals surface area contributed by atoms with E-state index in [1.165, 1.54) is 20.0 Å². The van der Waals surface area contributed by atoms with Gasteiger partial charge in [0, 0.05) is 34.6 Å². The quantitative estimate of drug-likeness (QED) is 0.323. The first-order valence-electron chi connectivity index (χ1n) is 9.51. The lowest BCUT2D eigenvalue weighted by molar-refractivity contribution is -0.247. The van der Waals surface area contributed by atoms with E-state index in [-0.39, 0.29) is 17.5 Å². The number of esters is 4. The van der Waals surface area contributed by atoms with Gasteiger partial charge in [0.25, 0.3) is 0 Å². The number of thiazole rings is 1. The number of ether oxygens (including phenoxy) is 5. The predicted octanol–water partition coefficient (Wildman–Crippen LogP) is 0.841. The summed E-state index contributed by atoms with van der Waals surface area (Å²) < 4.78 is 26.9. The molecule has 5 atom stereocenters. The van der Waals surface area contributed by atoms with Crippen LogP contribution < -0.4 is 5.32 Å². The fraction of sp³-hybridized carbons (Fsp3) is 0.579. The van der Waals surface area contributed by atoms with Gasteiger partial charge in [0.15, 0.2) is 35.5 Å². The molecule has 176 valence electrons. The molecule has 1 aromatic rings. The fourth-order valence-electron chi connectivity index (χ4n) is 2.97. The zero-order valence-corrected chi connectivity index (χ0v) is 18.9. The van der Waals surface area contributed by atoms with Gasteiger partial charge in [0.2, 0.25) is 0 Å². The fourth-order valence-corrected chi connectivity index (χ4v) is 3.71. The zero-order valence-electron chi connectivity index (χ0n) is 18.1. The number of carbonyl (C=O) groups excluding carboxylic acids is 5. The third-order valence-corrected chi connectivity index (χ3v) is 5.14. The van der Waals surface area contributed by atoms with Crippen LogP contribution in [-0.2, 0) is 42.9 Å². The largest absolute Gasteiger partial charge is 0.463 e. The van der Waals surface area contributed by atoms with Gasteiger partial charge in [-0.2, -0.15) is 0 Å². The van der Waals surface area contributed by atoms with Crippen molar-refractivity contribution in [1.82, 2.24) is 4.98 Å². The van der Waals surface area contributed by atoms with Gasteiger partial charge in [-0.3, -0.25) is 24.0 Å². The molecule has 13 heteroatoms. The van der Waals surface area contributed by atoms with E-state index >= 15 is 0 Å². The first-order chi connectivity index (χ1) is 15.0. The SMILES string of the molecule is CC(=O)OC[C@H]1O[C@H](Nc2ncc(C(C)=O)s2)[C@H](OC(C)=O)[C@@H](OC(C)=O)[C@@H]1OC(C)=O. The third kappa shape index (κ3) is 6.99. The highest BCUT2D eigenvalue weighted by molar-refractivity contribution is 7.17. The van der Waals surface area contributed by atoms with Crippen LogP contribution >= 0.6 is 11.3 Å². The predicted molar refractivity (Wildman–Crippen MR) is 108 cm³/mol. The monoisotopic (exact) mass is 472 g/mol. The van der Waals surface area contributed by atoms with Crippen molar-refractivity contribution >= 4 is 46.1 Å². The van der Waals surface area contributed by atoms with Gasteiger partial charge in [-0.25, -0.2) is 4.98 Å². The Kier molecular flexibility index (Phi) is 8.66. The van der Waals surface area contributed by atoms with E-state index in [0.29, 0.717) is 4.88 Å². The molecule has 0 radical (unpaired) electrons. The number of nitrogens with one attached hydrogen (secondary N) is 1. The Labute approximate surface area is 187 Å². The minimum Gasteiger partial charge on any atom is -0.463 e. The van der Waals surface area contributed by atoms with E-state index < -0.39 is 54.5 Å². The smallest absolute Gasteiger partial charge is 0.303 e. The minimum absolute atomic E-state index is 0.197. The molecule has 0 spiro atoms. The number of nitrogens with zero attached hydrogens (tertiary/aromatic N) is 1. The molecule has 0 amide bonds. The van der Waals surface area contributed by atoms with Gasteiger partial charge in [-0.1, -0.05) is 11.3 Å². The molecule has 1 N–H and O–H groups in total. The molecular weight excluding hydrogens is 448 g/mol. The van der Waals surface area contributed by atoms with E-state index in [1.54, 1.807) is 0 Å². The maximum Gasteiger partial charge on any atom is 0.303 e. The summed E-state index contributed by atoms with van der Waals surface area (Å²) in [5, 5.41) is 3.15. The second-order valence-electron chi connectivity index (χ2n) is 6.85. The Morgan fingerprint density at radius 1 is 0.906 bits per heavy atom. The number of aromatic nitrogens is 1. The van der Waals surface area contributed by atoms with Crippen LogP contribution in [-0.4, -0.2) is 71.9 Å². The lowest BCUT2D eigenvalue weighted by Crippen LogP contribution is -2.64. The number of ketones is 1. The first-order valence-corrected chi connectivity index (χ1v) is 10.3. The van der Waals surface area contributed by atoms with E-state index in [1.807, 2.05) is 0 Å². The number of anilines is 1. The van der Waals surface area contributed by atoms with Crippen LogP contribution in [0, 0.1) is 0 Å². The molecular formula is C19H24N2O10S. The topological polar surface area (TPSA) is 156 Å². The maximum atomic E-state index is 11.8. The summed E-state index contributed by atoms with van der Waals surface area (Å²) in [6.45, 7) is 5.64. The van der Waals surface area contributed by atoms with Crippen LogP contribution in [0.5, 0.6) is 0 Å². The van der Waals surface area contributed by atoms with Crippen molar-refractivity contribution < 1.29 is 47.7 Å². The Hall–Kier alpha value is -3.06. The summed E-state index contributed by atoms with van der Waals surface area (Å²) in [5.74, 6) is -2.98. The molecule has 0 saturated carbocycles. The normalized spacial score (nSPS) is 24.7. The summed E-state index contributed by atoms with van der Waals surface area (Å²) in [4.78, 5) is 62.6. The highest BCUT2D eigenvalue weighted by Crippen LogP contribution is 2.31. The van der Waals surface area contributed by atoms with Crippen LogP contribution in [0.15, 0.2) is 6.20 Å². The van der Waals surface area contributed by atoms with Crippen LogP contribution in [0.1, 0.15) is 44.3 Å². The molecule has 1 fully saturated rings. The van der Waals surface area contributed by atoms with Gasteiger partial charge in [0.05, 0.1) is 11.1 Å². The van der Waals surface area contributed by atoms with Crippen molar-refractivity contribution in [1.29, 1.82) is 0 Å². The summed E-state index contributed by atoms with van der Waals surface area (Å²) in [6, 6.07) is 0. The van der Waals surface area contributed by atoms with E-state index in [2.05, 4.69) is 10.3 Å². The summed E-state index contributed by atoms with van der Waals surface area (Å²) >= 11 is 1.03. The summed E-state index contributed by atoms with van der Waals surface area (Å²) in [6.07, 6.45) is -4.67. The van der Waals surface area contributed by atoms with Crippen LogP contribution in [0.25, 0.3) is 0 Å². The summed E-state index contributed by atoms with van der Waals surface area (Å²) in [5.41, 5.74) is 0. The Morgan fingerprint density at radius 2 is 1.47 bits per heavy atom. The van der Waals surface area contributed by atoms with E-state index in [9.17, 15) is 24.0 Å². The standard InChI is InChI=1S/C19H24N2O10S/c1-8(22)14-6-20-19(32-14)21-18-17(30-12(5)26)16(29-11(4)25)15(28-10(3)24)13(31-18)7-27-9(2)23/h6,13,15-18H,7H2,1-5H3,(H,20,21)/t13-,15-,16+,17-,18+/m1/s1. The highest BCUT2D eigenvalue weighted by atomic mass is 32.1. The van der Waals surface area contributed by atoms with Crippen LogP contribution in [0.2, 0.25) is 0 Å². The molecule has 12 nitrogen and oxygen atoms in total. The van der Waals surface area contributed by atoms with Crippen molar-refractivity contribution in [2.24, 2.45) is 0 Å². The Morgan fingerprint density at radius 3 is 1.97 bits per heavy atom. The maximum absolute atomic E-state index is 11.8. The number of carbonyl (C=O) groups is 5. The van der Waals surface area contributed by atoms with Gasteiger partial charge in [0.1, 0.15) is 12.7 Å². The Bertz CT molecular complexity index is 885. The average Bonchev–Trinajstić information content (AvgIpc) is 3.13. The molecule has 1 aliphatic rings. The molecule has 0 bridgehead atoms. The van der Waals surface area contributed by atoms with E-state index in [0.717, 1.165) is 32.1 Å². The van der Waals surface area contributed by atoms with Crippen molar-refractivity contribution in [2.75, 3.05) is 11.9 Å². The number of Topliss-reactive ketones (excluding diaryl/α,β-unsaturated/α-hetero) is 1. The summed E-state index contributed by atoms with van der Waals surface area (Å²) in [7, 11) is 0. The molecule has 1 saturated heterocycles. The molecule has 1 aliphatic heterocycles. The molecule has 1 aromatic heterocycles. The Balaban J connectivity index is 2.43. The van der Waals surface area contributed by atoms with Gasteiger partial charge >= 0.3 is 23.9 Å². The highest BCUT2D eigenvalue weighted by Gasteiger charge is 2.52. The lowest BCUT2D eigenvalue weighted by atomic mass is 9.97. The molecule has 32 heavy (non-hydrogen) atoms. The van der Waals surface area contributed by atoms with Crippen molar-refractivity contribution in [3.05, 3.63) is 11.1 Å². The number of rotatable bonds is 8. The van der Waals surface area contributed by atoms with Crippen molar-refractivity contribution in [2.45, 2.75) is 65.3 Å². The lowest BCUT2D eigenvalue weighted by Gasteiger charge is -2.44. The van der Waals surface area contributed by atoms with E-state index in [4.69, 9.17) is 23.7 Å². The number of hydrogen-bond donors (Lipinski definition) is 1. The second kappa shape index (κ2) is 11.0. The zero-order chi connectivity index (χ0) is 24.0. The van der Waals surface area contributed by atoms with Gasteiger partial charge < -0.3 is 29.0 Å². The third-order valence-electron chi connectivity index (χ3n) is 4.11. The average molecular weight is 472 g/mol. The second-order valence-corrected chi connectivity index (χ2v) is 7.88. The van der Waals surface area contributed by atoms with Gasteiger partial charge in [-0.05, 0) is 0 Å². The molecule has 0 aliphatic carbocycles. The van der Waals surface area contributed by atoms with Crippen LogP contribution in [0.3, 0.4) is 0 Å². The first kappa shape index (κ1) is 25.2. The van der Waals surface area contributed by atoms with Gasteiger partial charge in [-0.15, -0.1) is 0 Å². The minimum atomic E-state index is -1.29. The van der Waals surface area contributed by atoms with Crippen molar-refractivity contribution in [3.63, 3.8) is 0 Å². The van der Waals surface area contributed by atoms with Crippen LogP contribution in [0.4, 0.5) is 5.13 Å².